The van der Waals surface area contributed by atoms with Gasteiger partial charge in [-0.25, -0.2) is 18.3 Å². The quantitative estimate of drug-likeness (QED) is 0.156. The Morgan fingerprint density at radius 2 is 0.551 bits per heavy atom. The van der Waals surface area contributed by atoms with Crippen molar-refractivity contribution in [2.75, 3.05) is 0 Å². The molecule has 0 radical (unpaired) electrons. The summed E-state index contributed by atoms with van der Waals surface area (Å²) in [4.78, 5) is 0. The van der Waals surface area contributed by atoms with Gasteiger partial charge in [-0.05, 0) is 173 Å². The van der Waals surface area contributed by atoms with Crippen molar-refractivity contribution >= 4 is 43.1 Å². The van der Waals surface area contributed by atoms with Crippen molar-refractivity contribution < 1.29 is 26.5 Å². The Kier molecular flexibility index (Phi) is 14.0. The van der Waals surface area contributed by atoms with Gasteiger partial charge in [0.05, 0.1) is 0 Å². The zero-order valence-electron chi connectivity index (χ0n) is 53.4. The molecule has 12 aromatic rings. The van der Waals surface area contributed by atoms with E-state index in [4.69, 9.17) is 8.22 Å². The van der Waals surface area contributed by atoms with E-state index in [0.29, 0.717) is 11.1 Å². The van der Waals surface area contributed by atoms with E-state index in [-0.39, 0.29) is 0 Å². The molecular weight excluding hydrogens is 945 g/mol. The van der Waals surface area contributed by atoms with Crippen LogP contribution in [-0.2, 0) is 28.2 Å². The maximum atomic E-state index is 7.78. The molecule has 388 valence electrons. The first-order valence-corrected chi connectivity index (χ1v) is 26.8. The van der Waals surface area contributed by atoms with Crippen LogP contribution in [0, 0.1) is 69.1 Å². The van der Waals surface area contributed by atoms with E-state index >= 15 is 0 Å². The minimum atomic E-state index is -2.10. The van der Waals surface area contributed by atoms with Crippen molar-refractivity contribution in [3.05, 3.63) is 262 Å². The van der Waals surface area contributed by atoms with Gasteiger partial charge in [0, 0.05) is 76.3 Å². The number of pyridine rings is 4. The predicted octanol–water partition coefficient (Wildman–Crippen LogP) is 16.4. The summed E-state index contributed by atoms with van der Waals surface area (Å²) in [5, 5.41) is 9.81. The van der Waals surface area contributed by atoms with E-state index < -0.39 is 13.7 Å². The lowest BCUT2D eigenvalue weighted by atomic mass is 9.96. The van der Waals surface area contributed by atoms with Crippen molar-refractivity contribution in [1.29, 1.82) is 0 Å². The van der Waals surface area contributed by atoms with Crippen molar-refractivity contribution in [3.63, 3.8) is 0 Å². The van der Waals surface area contributed by atoms with Crippen molar-refractivity contribution in [2.45, 2.75) is 69.1 Å². The van der Waals surface area contributed by atoms with Gasteiger partial charge in [0.25, 0.3) is 0 Å². The zero-order valence-corrected chi connectivity index (χ0v) is 47.4. The molecule has 0 amide bonds. The van der Waals surface area contributed by atoms with E-state index in [0.717, 1.165) is 44.6 Å². The van der Waals surface area contributed by atoms with Gasteiger partial charge >= 0.3 is 0 Å². The topological polar surface area (TPSA) is 15.5 Å². The Labute approximate surface area is 472 Å². The van der Waals surface area contributed by atoms with Crippen LogP contribution < -0.4 is 18.3 Å². The van der Waals surface area contributed by atoms with Gasteiger partial charge in [0.2, 0.25) is 22.8 Å². The molecule has 8 aromatic carbocycles. The average molecular weight is 1030 g/mol. The fraction of sp³-hybridized carbons (Fsp3) is 0.189. The zero-order chi connectivity index (χ0) is 60.4. The standard InChI is InChI=1S/2C19H20N.2C18H18N/c2*1-13-9-14(2)15(3)18(10-13)19-11-16-7-5-6-8-17(16)12-20(19)4;2*1-13-8-9-17(14(2)10-13)18-11-15-6-4-5-7-16(15)12-19(18)3/h2*5-12H,1-4H3;2*4-12H,1-3H3/q4*+1/i2D3;;1D3;. The van der Waals surface area contributed by atoms with E-state index in [1.54, 1.807) is 18.2 Å². The Bertz CT molecular complexity index is 4440. The maximum absolute atomic E-state index is 7.78. The van der Waals surface area contributed by atoms with Crippen LogP contribution in [0.1, 0.15) is 63.9 Å². The predicted molar refractivity (Wildman–Crippen MR) is 330 cm³/mol. The molecule has 0 aliphatic heterocycles. The third-order valence-electron chi connectivity index (χ3n) is 15.1. The average Bonchev–Trinajstić information content (AvgIpc) is 2.89. The lowest BCUT2D eigenvalue weighted by molar-refractivity contribution is -0.659. The monoisotopic (exact) mass is 1030 g/mol. The molecule has 4 aromatic heterocycles. The highest BCUT2D eigenvalue weighted by molar-refractivity contribution is 5.87. The van der Waals surface area contributed by atoms with Crippen LogP contribution in [0.3, 0.4) is 0 Å². The minimum absolute atomic E-state index is 0.386. The smallest absolute Gasteiger partial charge is 0.200 e. The van der Waals surface area contributed by atoms with Crippen LogP contribution in [0.25, 0.3) is 88.1 Å². The van der Waals surface area contributed by atoms with Crippen molar-refractivity contribution in [3.8, 4) is 45.0 Å². The van der Waals surface area contributed by atoms with Crippen LogP contribution in [-0.4, -0.2) is 0 Å². The van der Waals surface area contributed by atoms with E-state index in [9.17, 15) is 0 Å². The van der Waals surface area contributed by atoms with Gasteiger partial charge < -0.3 is 0 Å². The first-order valence-electron chi connectivity index (χ1n) is 29.8. The van der Waals surface area contributed by atoms with Gasteiger partial charge in [-0.15, -0.1) is 0 Å². The maximum Gasteiger partial charge on any atom is 0.213 e. The summed E-state index contributed by atoms with van der Waals surface area (Å²) in [5.74, 6) is 0. The Morgan fingerprint density at radius 3 is 0.897 bits per heavy atom. The lowest BCUT2D eigenvalue weighted by Crippen LogP contribution is -2.30. The van der Waals surface area contributed by atoms with Crippen LogP contribution >= 0.6 is 0 Å². The molecule has 4 heteroatoms. The summed E-state index contributed by atoms with van der Waals surface area (Å²) in [6, 6.07) is 62.6. The minimum Gasteiger partial charge on any atom is -0.200 e. The molecule has 0 aliphatic rings. The van der Waals surface area contributed by atoms with E-state index in [1.165, 1.54) is 88.0 Å². The normalized spacial score (nSPS) is 12.4. The van der Waals surface area contributed by atoms with Crippen LogP contribution in [0.2, 0.25) is 0 Å². The Hall–Kier alpha value is -8.60. The number of rotatable bonds is 4. The number of hydrogen-bond donors (Lipinski definition) is 0. The molecule has 12 rings (SSSR count). The highest BCUT2D eigenvalue weighted by Crippen LogP contribution is 2.30. The van der Waals surface area contributed by atoms with E-state index in [1.807, 2.05) is 65.2 Å². The largest absolute Gasteiger partial charge is 0.213 e. The molecule has 4 heterocycles. The van der Waals surface area contributed by atoms with Gasteiger partial charge in [-0.2, -0.15) is 0 Å². The number of hydrogen-bond acceptors (Lipinski definition) is 0. The molecule has 0 saturated heterocycles. The van der Waals surface area contributed by atoms with Gasteiger partial charge in [-0.1, -0.05) is 131 Å². The summed E-state index contributed by atoms with van der Waals surface area (Å²) >= 11 is 0. The number of benzene rings is 8. The summed E-state index contributed by atoms with van der Waals surface area (Å²) < 4.78 is 54.5. The lowest BCUT2D eigenvalue weighted by Gasteiger charge is -2.10. The molecule has 0 unspecified atom stereocenters. The van der Waals surface area contributed by atoms with Crippen molar-refractivity contribution in [1.82, 2.24) is 0 Å². The second kappa shape index (κ2) is 23.3. The van der Waals surface area contributed by atoms with Crippen LogP contribution in [0.5, 0.6) is 0 Å². The number of aromatic nitrogens is 4. The molecule has 0 N–H and O–H groups in total. The first kappa shape index (κ1) is 46.7. The summed E-state index contributed by atoms with van der Waals surface area (Å²) in [6.07, 6.45) is 8.59. The number of aryl methyl sites for hydroxylation is 12. The molecule has 0 fully saturated rings. The fourth-order valence-electron chi connectivity index (χ4n) is 10.7. The molecular formula is C74H76N4+4. The molecule has 0 saturated carbocycles. The summed E-state index contributed by atoms with van der Waals surface area (Å²) in [5.41, 5.74) is 19.5. The van der Waals surface area contributed by atoms with Crippen molar-refractivity contribution in [2.24, 2.45) is 28.2 Å². The molecule has 0 aliphatic carbocycles. The molecule has 0 atom stereocenters. The summed E-state index contributed by atoms with van der Waals surface area (Å²) in [7, 11) is 8.25. The molecule has 78 heavy (non-hydrogen) atoms. The highest BCUT2D eigenvalue weighted by Gasteiger charge is 2.19. The number of fused-ring (bicyclic) bond motifs is 4. The number of nitrogens with zero attached hydrogens (tertiary/aromatic N) is 4. The second-order valence-electron chi connectivity index (χ2n) is 21.2. The second-order valence-corrected chi connectivity index (χ2v) is 21.2. The fourth-order valence-corrected chi connectivity index (χ4v) is 10.7. The molecule has 4 nitrogen and oxygen atoms in total. The van der Waals surface area contributed by atoms with Gasteiger partial charge in [0.15, 0.2) is 24.8 Å². The SMILES string of the molecule is Cc1cc(C)c(C)c(-c2cc3ccccc3c[n+]2C)c1.Cc1ccc(-c2cc3ccccc3c[n+]2C)c(C)c1.[2H]C([2H])([2H])c1cc(C)cc(-c2cc3ccccc3c[n+]2C)c1C.[2H]C([2H])([2H])c1ccc(-c2cc3ccccc3c[n+]2C)c(C)c1. The molecule has 0 bridgehead atoms. The first-order chi connectivity index (χ1) is 39.8. The van der Waals surface area contributed by atoms with E-state index in [2.05, 4.69) is 225 Å². The van der Waals surface area contributed by atoms with Gasteiger partial charge in [-0.3, -0.25) is 0 Å². The van der Waals surface area contributed by atoms with Gasteiger partial charge in [0.1, 0.15) is 28.2 Å². The Balaban J connectivity index is 0.000000135. The Morgan fingerprint density at radius 1 is 0.256 bits per heavy atom. The molecule has 0 spiro atoms. The van der Waals surface area contributed by atoms with Crippen LogP contribution in [0.15, 0.2) is 207 Å². The third-order valence-corrected chi connectivity index (χ3v) is 15.1. The third kappa shape index (κ3) is 12.0. The highest BCUT2D eigenvalue weighted by atomic mass is 14.9. The summed E-state index contributed by atoms with van der Waals surface area (Å²) in [6.45, 7) is 12.5. The van der Waals surface area contributed by atoms with Crippen LogP contribution in [0.4, 0.5) is 0 Å².